The molecule has 0 heterocycles. The highest BCUT2D eigenvalue weighted by Crippen LogP contribution is 2.25. The van der Waals surface area contributed by atoms with Crippen molar-refractivity contribution in [2.24, 2.45) is 0 Å². The summed E-state index contributed by atoms with van der Waals surface area (Å²) in [6.07, 6.45) is 4.31. The quantitative estimate of drug-likeness (QED) is 0.608. The van der Waals surface area contributed by atoms with Crippen LogP contribution in [0.2, 0.25) is 0 Å². The maximum atomic E-state index is 5.38. The zero-order valence-corrected chi connectivity index (χ0v) is 13.0. The Morgan fingerprint density at radius 1 is 1.44 bits per heavy atom. The normalized spacial score (nSPS) is 11.7. The summed E-state index contributed by atoms with van der Waals surface area (Å²) in [6, 6.07) is 6.14. The first-order chi connectivity index (χ1) is 8.67. The molecule has 18 heavy (non-hydrogen) atoms. The van der Waals surface area contributed by atoms with Crippen LogP contribution in [0.1, 0.15) is 25.8 Å². The number of methoxy groups -OCH3 is 1. The van der Waals surface area contributed by atoms with Crippen molar-refractivity contribution < 1.29 is 4.74 Å². The molecule has 3 heteroatoms. The minimum absolute atomic E-state index is 0.939. The van der Waals surface area contributed by atoms with Gasteiger partial charge >= 0.3 is 0 Å². The zero-order chi connectivity index (χ0) is 13.4. The summed E-state index contributed by atoms with van der Waals surface area (Å²) in [5.74, 6) is 0.956. The lowest BCUT2D eigenvalue weighted by molar-refractivity contribution is 0.410. The second-order valence-corrected chi connectivity index (χ2v) is 5.24. The predicted octanol–water partition coefficient (Wildman–Crippen LogP) is 3.95. The Morgan fingerprint density at radius 2 is 2.22 bits per heavy atom. The highest BCUT2D eigenvalue weighted by atomic mass is 79.9. The van der Waals surface area contributed by atoms with Crippen LogP contribution < -0.4 is 10.1 Å². The van der Waals surface area contributed by atoms with Gasteiger partial charge in [-0.05, 0) is 56.6 Å². The molecule has 0 bridgehead atoms. The Hall–Kier alpha value is -0.800. The zero-order valence-electron chi connectivity index (χ0n) is 11.4. The van der Waals surface area contributed by atoms with Crippen molar-refractivity contribution in [3.05, 3.63) is 39.9 Å². The van der Waals surface area contributed by atoms with E-state index in [4.69, 9.17) is 4.74 Å². The van der Waals surface area contributed by atoms with Crippen LogP contribution in [0.15, 0.2) is 34.3 Å². The number of halogens is 1. The average molecular weight is 312 g/mol. The van der Waals surface area contributed by atoms with Crippen molar-refractivity contribution in [2.45, 2.75) is 26.7 Å². The molecule has 0 saturated heterocycles. The molecular weight excluding hydrogens is 290 g/mol. The Balaban J connectivity index is 2.62. The Labute approximate surface area is 119 Å². The van der Waals surface area contributed by atoms with Crippen LogP contribution in [0.3, 0.4) is 0 Å². The molecule has 1 N–H and O–H groups in total. The van der Waals surface area contributed by atoms with Gasteiger partial charge in [0, 0.05) is 4.47 Å². The van der Waals surface area contributed by atoms with Gasteiger partial charge in [0.15, 0.2) is 0 Å². The molecule has 0 aromatic heterocycles. The van der Waals surface area contributed by atoms with E-state index in [9.17, 15) is 0 Å². The van der Waals surface area contributed by atoms with Crippen molar-refractivity contribution in [2.75, 3.05) is 20.2 Å². The second-order valence-electron chi connectivity index (χ2n) is 4.33. The lowest BCUT2D eigenvalue weighted by atomic mass is 10.0. The van der Waals surface area contributed by atoms with E-state index in [-0.39, 0.29) is 0 Å². The van der Waals surface area contributed by atoms with Gasteiger partial charge in [-0.15, -0.1) is 0 Å². The topological polar surface area (TPSA) is 21.3 Å². The lowest BCUT2D eigenvalue weighted by Gasteiger charge is -2.09. The molecule has 0 atom stereocenters. The molecule has 1 rings (SSSR count). The third kappa shape index (κ3) is 5.23. The number of ether oxygens (including phenoxy) is 1. The first-order valence-electron chi connectivity index (χ1n) is 6.36. The number of hydrogen-bond donors (Lipinski definition) is 1. The first kappa shape index (κ1) is 15.3. The van der Waals surface area contributed by atoms with Crippen LogP contribution in [-0.4, -0.2) is 20.2 Å². The van der Waals surface area contributed by atoms with Crippen molar-refractivity contribution in [1.29, 1.82) is 0 Å². The van der Waals surface area contributed by atoms with Crippen LogP contribution >= 0.6 is 15.9 Å². The number of nitrogens with one attached hydrogen (secondary N) is 1. The van der Waals surface area contributed by atoms with E-state index in [0.717, 1.165) is 36.2 Å². The molecule has 0 aliphatic carbocycles. The van der Waals surface area contributed by atoms with Gasteiger partial charge in [-0.2, -0.15) is 0 Å². The number of allylic oxidation sites excluding steroid dienone is 1. The molecule has 0 radical (unpaired) electrons. The average Bonchev–Trinajstić information content (AvgIpc) is 2.35. The van der Waals surface area contributed by atoms with E-state index in [1.54, 1.807) is 7.11 Å². The fourth-order valence-corrected chi connectivity index (χ4v) is 2.26. The van der Waals surface area contributed by atoms with Gasteiger partial charge < -0.3 is 10.1 Å². The summed E-state index contributed by atoms with van der Waals surface area (Å²) in [5.41, 5.74) is 2.60. The molecule has 2 nitrogen and oxygen atoms in total. The third-order valence-electron chi connectivity index (χ3n) is 2.78. The molecule has 0 aliphatic heterocycles. The maximum Gasteiger partial charge on any atom is 0.122 e. The Morgan fingerprint density at radius 3 is 2.89 bits per heavy atom. The Bertz CT molecular complexity index is 401. The van der Waals surface area contributed by atoms with E-state index in [1.807, 2.05) is 12.1 Å². The maximum absolute atomic E-state index is 5.38. The smallest absolute Gasteiger partial charge is 0.122 e. The third-order valence-corrected chi connectivity index (χ3v) is 3.27. The van der Waals surface area contributed by atoms with Gasteiger partial charge in [-0.1, -0.05) is 34.5 Å². The second kappa shape index (κ2) is 8.33. The van der Waals surface area contributed by atoms with Crippen LogP contribution in [0.4, 0.5) is 0 Å². The summed E-state index contributed by atoms with van der Waals surface area (Å²) in [7, 11) is 1.72. The number of rotatable bonds is 7. The lowest BCUT2D eigenvalue weighted by Crippen LogP contribution is -2.13. The summed E-state index contributed by atoms with van der Waals surface area (Å²) in [4.78, 5) is 0. The summed E-state index contributed by atoms with van der Waals surface area (Å²) < 4.78 is 6.48. The van der Waals surface area contributed by atoms with Gasteiger partial charge in [0.05, 0.1) is 7.11 Å². The Kier molecular flexibility index (Phi) is 7.06. The minimum Gasteiger partial charge on any atom is -0.496 e. The van der Waals surface area contributed by atoms with Crippen molar-refractivity contribution in [3.63, 3.8) is 0 Å². The van der Waals surface area contributed by atoms with Gasteiger partial charge in [0.2, 0.25) is 0 Å². The monoisotopic (exact) mass is 311 g/mol. The molecule has 0 saturated carbocycles. The highest BCUT2D eigenvalue weighted by molar-refractivity contribution is 9.10. The molecule has 0 unspecified atom stereocenters. The van der Waals surface area contributed by atoms with Crippen molar-refractivity contribution in [1.82, 2.24) is 5.32 Å². The van der Waals surface area contributed by atoms with Crippen molar-refractivity contribution in [3.8, 4) is 5.75 Å². The molecule has 0 aliphatic rings. The van der Waals surface area contributed by atoms with Crippen molar-refractivity contribution >= 4 is 15.9 Å². The fourth-order valence-electron chi connectivity index (χ4n) is 1.86. The fraction of sp³-hybridized carbons (Fsp3) is 0.467. The largest absolute Gasteiger partial charge is 0.496 e. The molecule has 0 amide bonds. The first-order valence-corrected chi connectivity index (χ1v) is 7.15. The SMILES string of the molecule is CCNCCC=C(C)Cc1cc(Br)ccc1OC. The van der Waals surface area contributed by atoms with E-state index in [2.05, 4.69) is 47.2 Å². The molecule has 0 fully saturated rings. The van der Waals surface area contributed by atoms with Crippen LogP contribution in [0.5, 0.6) is 5.75 Å². The van der Waals surface area contributed by atoms with Gasteiger partial charge in [0.1, 0.15) is 5.75 Å². The molecule has 1 aromatic rings. The van der Waals surface area contributed by atoms with Gasteiger partial charge in [0.25, 0.3) is 0 Å². The minimum atomic E-state index is 0.939. The summed E-state index contributed by atoms with van der Waals surface area (Å²) in [6.45, 7) is 6.38. The summed E-state index contributed by atoms with van der Waals surface area (Å²) >= 11 is 3.50. The molecular formula is C15H22BrNO. The van der Waals surface area contributed by atoms with E-state index in [0.29, 0.717) is 0 Å². The molecule has 100 valence electrons. The van der Waals surface area contributed by atoms with Gasteiger partial charge in [-0.3, -0.25) is 0 Å². The van der Waals surface area contributed by atoms with E-state index < -0.39 is 0 Å². The standard InChI is InChI=1S/C15H22BrNO/c1-4-17-9-5-6-12(2)10-13-11-14(16)7-8-15(13)18-3/h6-8,11,17H,4-5,9-10H2,1-3H3. The van der Waals surface area contributed by atoms with Crippen LogP contribution in [0, 0.1) is 0 Å². The van der Waals surface area contributed by atoms with E-state index in [1.165, 1.54) is 11.1 Å². The molecule has 0 spiro atoms. The summed E-state index contributed by atoms with van der Waals surface area (Å²) in [5, 5.41) is 3.32. The predicted molar refractivity (Wildman–Crippen MR) is 81.3 cm³/mol. The number of benzene rings is 1. The highest BCUT2D eigenvalue weighted by Gasteiger charge is 2.04. The van der Waals surface area contributed by atoms with Crippen LogP contribution in [0.25, 0.3) is 0 Å². The van der Waals surface area contributed by atoms with E-state index >= 15 is 0 Å². The van der Waals surface area contributed by atoms with Crippen LogP contribution in [-0.2, 0) is 6.42 Å². The number of hydrogen-bond acceptors (Lipinski definition) is 2. The van der Waals surface area contributed by atoms with Gasteiger partial charge in [-0.25, -0.2) is 0 Å². The molecule has 1 aromatic carbocycles.